The normalized spacial score (nSPS) is 10.7. The lowest BCUT2D eigenvalue weighted by Crippen LogP contribution is -2.02. The molecule has 0 aliphatic carbocycles. The highest BCUT2D eigenvalue weighted by atomic mass is 16.5. The smallest absolute Gasteiger partial charge is 0.344 e. The molecule has 0 bridgehead atoms. The van der Waals surface area contributed by atoms with Gasteiger partial charge in [-0.2, -0.15) is 0 Å². The molecule has 4 heteroatoms. The zero-order chi connectivity index (χ0) is 16.4. The van der Waals surface area contributed by atoms with Crippen molar-refractivity contribution in [3.8, 4) is 11.5 Å². The molecule has 3 aromatic rings. The van der Waals surface area contributed by atoms with Crippen LogP contribution >= 0.6 is 0 Å². The summed E-state index contributed by atoms with van der Waals surface area (Å²) in [6, 6.07) is 14.1. The van der Waals surface area contributed by atoms with Crippen molar-refractivity contribution in [2.75, 3.05) is 7.11 Å². The van der Waals surface area contributed by atoms with Crippen molar-refractivity contribution in [1.29, 1.82) is 0 Å². The van der Waals surface area contributed by atoms with E-state index in [1.165, 1.54) is 0 Å². The fourth-order valence-corrected chi connectivity index (χ4v) is 2.52. The van der Waals surface area contributed by atoms with Gasteiger partial charge in [0.05, 0.1) is 13.2 Å². The van der Waals surface area contributed by atoms with Gasteiger partial charge in [0, 0.05) is 10.9 Å². The Labute approximate surface area is 134 Å². The Morgan fingerprint density at radius 3 is 2.78 bits per heavy atom. The van der Waals surface area contributed by atoms with Crippen LogP contribution in [-0.2, 0) is 6.61 Å². The average molecular weight is 309 g/mol. The van der Waals surface area contributed by atoms with Gasteiger partial charge < -0.3 is 13.9 Å². The van der Waals surface area contributed by atoms with Crippen molar-refractivity contribution < 1.29 is 13.9 Å². The first-order valence-corrected chi connectivity index (χ1v) is 7.30. The second kappa shape index (κ2) is 6.16. The highest BCUT2D eigenvalue weighted by Gasteiger charge is 2.10. The maximum atomic E-state index is 11.5. The lowest BCUT2D eigenvalue weighted by molar-refractivity contribution is 0.303. The number of aryl methyl sites for hydroxylation is 2. The molecule has 1 heterocycles. The van der Waals surface area contributed by atoms with Crippen molar-refractivity contribution in [3.63, 3.8) is 0 Å². The lowest BCUT2D eigenvalue weighted by atomic mass is 10.1. The Balaban J connectivity index is 1.91. The molecule has 0 N–H and O–H groups in total. The third kappa shape index (κ3) is 3.06. The number of ether oxygens (including phenoxy) is 2. The SMILES string of the molecule is COc1cccc(COc2ccc3c(C)[c]c(=O)oc3c2C)c1. The summed E-state index contributed by atoms with van der Waals surface area (Å²) in [5.74, 6) is 1.48. The average Bonchev–Trinajstić information content (AvgIpc) is 2.55. The zero-order valence-electron chi connectivity index (χ0n) is 13.3. The molecule has 0 fully saturated rings. The number of benzene rings is 2. The number of fused-ring (bicyclic) bond motifs is 1. The molecule has 1 aromatic heterocycles. The van der Waals surface area contributed by atoms with E-state index in [1.807, 2.05) is 50.2 Å². The maximum absolute atomic E-state index is 11.5. The molecular formula is C19H17O4. The number of methoxy groups -OCH3 is 1. The van der Waals surface area contributed by atoms with Gasteiger partial charge in [-0.25, -0.2) is 4.79 Å². The minimum Gasteiger partial charge on any atom is -0.497 e. The van der Waals surface area contributed by atoms with Crippen LogP contribution in [0.2, 0.25) is 0 Å². The predicted octanol–water partition coefficient (Wildman–Crippen LogP) is 3.80. The Morgan fingerprint density at radius 1 is 1.17 bits per heavy atom. The van der Waals surface area contributed by atoms with Gasteiger partial charge in [-0.05, 0) is 49.2 Å². The molecule has 3 rings (SSSR count). The van der Waals surface area contributed by atoms with Crippen LogP contribution in [0.4, 0.5) is 0 Å². The Morgan fingerprint density at radius 2 is 2.00 bits per heavy atom. The Hall–Kier alpha value is -2.75. The van der Waals surface area contributed by atoms with Gasteiger partial charge in [0.2, 0.25) is 0 Å². The largest absolute Gasteiger partial charge is 0.497 e. The molecule has 0 aliphatic heterocycles. The molecule has 2 aromatic carbocycles. The molecule has 0 atom stereocenters. The van der Waals surface area contributed by atoms with Crippen molar-refractivity contribution in [2.45, 2.75) is 20.5 Å². The number of hydrogen-bond donors (Lipinski definition) is 0. The second-order valence-corrected chi connectivity index (χ2v) is 5.35. The van der Waals surface area contributed by atoms with Crippen LogP contribution in [0.25, 0.3) is 11.0 Å². The highest BCUT2D eigenvalue weighted by molar-refractivity contribution is 5.84. The highest BCUT2D eigenvalue weighted by Crippen LogP contribution is 2.28. The third-order valence-electron chi connectivity index (χ3n) is 3.77. The monoisotopic (exact) mass is 309 g/mol. The van der Waals surface area contributed by atoms with Crippen LogP contribution in [0.3, 0.4) is 0 Å². The number of hydrogen-bond acceptors (Lipinski definition) is 4. The van der Waals surface area contributed by atoms with E-state index in [9.17, 15) is 4.79 Å². The van der Waals surface area contributed by atoms with Gasteiger partial charge >= 0.3 is 5.63 Å². The van der Waals surface area contributed by atoms with Gasteiger partial charge in [-0.15, -0.1) is 0 Å². The minimum atomic E-state index is -0.469. The van der Waals surface area contributed by atoms with Gasteiger partial charge in [-0.3, -0.25) is 0 Å². The molecular weight excluding hydrogens is 292 g/mol. The van der Waals surface area contributed by atoms with Crippen LogP contribution < -0.4 is 15.1 Å². The zero-order valence-corrected chi connectivity index (χ0v) is 13.3. The summed E-state index contributed by atoms with van der Waals surface area (Å²) in [7, 11) is 1.63. The number of rotatable bonds is 4. The van der Waals surface area contributed by atoms with Crippen molar-refractivity contribution in [1.82, 2.24) is 0 Å². The quantitative estimate of drug-likeness (QED) is 0.688. The van der Waals surface area contributed by atoms with Crippen molar-refractivity contribution >= 4 is 11.0 Å². The molecule has 117 valence electrons. The Bertz CT molecular complexity index is 909. The molecule has 0 spiro atoms. The first-order chi connectivity index (χ1) is 11.1. The van der Waals surface area contributed by atoms with Crippen LogP contribution in [0.5, 0.6) is 11.5 Å². The van der Waals surface area contributed by atoms with Gasteiger partial charge in [0.1, 0.15) is 23.7 Å². The molecule has 1 radical (unpaired) electrons. The van der Waals surface area contributed by atoms with E-state index in [-0.39, 0.29) is 0 Å². The standard InChI is InChI=1S/C19H17O4/c1-12-9-18(20)23-19-13(2)17(8-7-16(12)19)22-11-14-5-4-6-15(10-14)21-3/h4-8,10H,11H2,1-3H3. The molecule has 0 aliphatic rings. The first-order valence-electron chi connectivity index (χ1n) is 7.30. The maximum Gasteiger partial charge on any atom is 0.344 e. The van der Waals surface area contributed by atoms with Gasteiger partial charge in [0.15, 0.2) is 0 Å². The minimum absolute atomic E-state index is 0.408. The van der Waals surface area contributed by atoms with E-state index >= 15 is 0 Å². The molecule has 0 saturated carbocycles. The topological polar surface area (TPSA) is 48.7 Å². The van der Waals surface area contributed by atoms with Crippen LogP contribution in [0, 0.1) is 19.9 Å². The summed E-state index contributed by atoms with van der Waals surface area (Å²) in [5.41, 5.74) is 2.67. The second-order valence-electron chi connectivity index (χ2n) is 5.35. The fraction of sp³-hybridized carbons (Fsp3) is 0.211. The van der Waals surface area contributed by atoms with E-state index in [0.29, 0.717) is 17.9 Å². The van der Waals surface area contributed by atoms with E-state index in [4.69, 9.17) is 13.9 Å². The van der Waals surface area contributed by atoms with E-state index in [2.05, 4.69) is 6.07 Å². The van der Waals surface area contributed by atoms with Crippen LogP contribution in [0.1, 0.15) is 16.7 Å². The molecule has 0 saturated heterocycles. The molecule has 0 amide bonds. The predicted molar refractivity (Wildman–Crippen MR) is 88.1 cm³/mol. The summed E-state index contributed by atoms with van der Waals surface area (Å²) < 4.78 is 16.4. The Kier molecular flexibility index (Phi) is 4.06. The summed E-state index contributed by atoms with van der Waals surface area (Å²) in [5, 5.41) is 0.871. The summed E-state index contributed by atoms with van der Waals surface area (Å²) >= 11 is 0. The fourth-order valence-electron chi connectivity index (χ4n) is 2.52. The van der Waals surface area contributed by atoms with E-state index in [0.717, 1.165) is 27.8 Å². The summed E-state index contributed by atoms with van der Waals surface area (Å²) in [6.45, 7) is 4.13. The lowest BCUT2D eigenvalue weighted by Gasteiger charge is -2.12. The first kappa shape index (κ1) is 15.2. The van der Waals surface area contributed by atoms with Gasteiger partial charge in [-0.1, -0.05) is 12.1 Å². The summed E-state index contributed by atoms with van der Waals surface area (Å²) in [4.78, 5) is 11.5. The van der Waals surface area contributed by atoms with Crippen molar-refractivity contribution in [2.24, 2.45) is 0 Å². The third-order valence-corrected chi connectivity index (χ3v) is 3.77. The summed E-state index contributed by atoms with van der Waals surface area (Å²) in [6.07, 6.45) is 0. The van der Waals surface area contributed by atoms with Crippen molar-refractivity contribution in [3.05, 3.63) is 69.6 Å². The molecule has 4 nitrogen and oxygen atoms in total. The van der Waals surface area contributed by atoms with Crippen LogP contribution in [0.15, 0.2) is 45.6 Å². The van der Waals surface area contributed by atoms with Gasteiger partial charge in [0.25, 0.3) is 0 Å². The van der Waals surface area contributed by atoms with E-state index in [1.54, 1.807) is 7.11 Å². The van der Waals surface area contributed by atoms with E-state index < -0.39 is 5.63 Å². The molecule has 23 heavy (non-hydrogen) atoms. The van der Waals surface area contributed by atoms with Crippen LogP contribution in [-0.4, -0.2) is 7.11 Å². The molecule has 0 unspecified atom stereocenters.